The van der Waals surface area contributed by atoms with E-state index in [1.165, 1.54) is 12.1 Å². The maximum Gasteiger partial charge on any atom is 0.303 e. The molecule has 0 bridgehead atoms. The quantitative estimate of drug-likeness (QED) is 0.859. The minimum Gasteiger partial charge on any atom is -0.481 e. The minimum atomic E-state index is -0.817. The van der Waals surface area contributed by atoms with Gasteiger partial charge in [0.05, 0.1) is 6.42 Å². The van der Waals surface area contributed by atoms with Crippen LogP contribution in [-0.2, 0) is 4.79 Å². The second-order valence-corrected chi connectivity index (χ2v) is 5.07. The minimum absolute atomic E-state index is 0.0899. The van der Waals surface area contributed by atoms with Crippen LogP contribution >= 0.6 is 0 Å². The van der Waals surface area contributed by atoms with Gasteiger partial charge in [0, 0.05) is 19.3 Å². The molecule has 0 aliphatic rings. The molecular formula is C13H18FNO2. The zero-order valence-corrected chi connectivity index (χ0v) is 10.4. The second kappa shape index (κ2) is 5.17. The van der Waals surface area contributed by atoms with E-state index in [9.17, 15) is 9.18 Å². The molecule has 17 heavy (non-hydrogen) atoms. The van der Waals surface area contributed by atoms with Crippen LogP contribution in [0.4, 0.5) is 10.1 Å². The van der Waals surface area contributed by atoms with E-state index in [-0.39, 0.29) is 17.7 Å². The molecule has 0 radical (unpaired) electrons. The summed E-state index contributed by atoms with van der Waals surface area (Å²) in [5.41, 5.74) is 0.399. The van der Waals surface area contributed by atoms with Gasteiger partial charge in [-0.2, -0.15) is 0 Å². The topological polar surface area (TPSA) is 40.5 Å². The van der Waals surface area contributed by atoms with E-state index in [1.54, 1.807) is 12.1 Å². The Labute approximate surface area is 101 Å². The molecule has 0 saturated carbocycles. The van der Waals surface area contributed by atoms with Gasteiger partial charge in [0.15, 0.2) is 0 Å². The number of benzene rings is 1. The molecule has 0 heterocycles. The Morgan fingerprint density at radius 1 is 1.47 bits per heavy atom. The third-order valence-corrected chi connectivity index (χ3v) is 2.54. The molecule has 0 saturated heterocycles. The summed E-state index contributed by atoms with van der Waals surface area (Å²) in [4.78, 5) is 12.6. The maximum absolute atomic E-state index is 13.0. The average Bonchev–Trinajstić information content (AvgIpc) is 2.14. The summed E-state index contributed by atoms with van der Waals surface area (Å²) in [6.45, 7) is 4.33. The van der Waals surface area contributed by atoms with Crippen LogP contribution in [0, 0.1) is 11.2 Å². The van der Waals surface area contributed by atoms with E-state index in [4.69, 9.17) is 5.11 Å². The molecule has 0 aliphatic heterocycles. The molecule has 4 heteroatoms. The normalized spacial score (nSPS) is 11.3. The van der Waals surface area contributed by atoms with Crippen LogP contribution in [0.25, 0.3) is 0 Å². The number of nitrogens with zero attached hydrogens (tertiary/aromatic N) is 1. The van der Waals surface area contributed by atoms with Gasteiger partial charge >= 0.3 is 5.97 Å². The van der Waals surface area contributed by atoms with E-state index in [1.807, 2.05) is 25.8 Å². The lowest BCUT2D eigenvalue weighted by Crippen LogP contribution is -2.33. The Hall–Kier alpha value is -1.58. The lowest BCUT2D eigenvalue weighted by molar-refractivity contribution is -0.139. The summed E-state index contributed by atoms with van der Waals surface area (Å²) in [5, 5.41) is 8.80. The Bertz CT molecular complexity index is 404. The summed E-state index contributed by atoms with van der Waals surface area (Å²) in [6, 6.07) is 6.28. The highest BCUT2D eigenvalue weighted by Crippen LogP contribution is 2.24. The fourth-order valence-electron chi connectivity index (χ4n) is 1.91. The van der Waals surface area contributed by atoms with Gasteiger partial charge in [-0.15, -0.1) is 0 Å². The lowest BCUT2D eigenvalue weighted by atomic mass is 9.88. The summed E-state index contributed by atoms with van der Waals surface area (Å²) in [7, 11) is 1.83. The smallest absolute Gasteiger partial charge is 0.303 e. The van der Waals surface area contributed by atoms with Crippen LogP contribution in [0.2, 0.25) is 0 Å². The van der Waals surface area contributed by atoms with Gasteiger partial charge in [0.1, 0.15) is 5.82 Å². The van der Waals surface area contributed by atoms with Crippen molar-refractivity contribution in [3.8, 4) is 0 Å². The molecule has 0 aliphatic carbocycles. The summed E-state index contributed by atoms with van der Waals surface area (Å²) >= 11 is 0. The molecule has 3 nitrogen and oxygen atoms in total. The van der Waals surface area contributed by atoms with Gasteiger partial charge in [-0.3, -0.25) is 4.79 Å². The highest BCUT2D eigenvalue weighted by molar-refractivity contribution is 5.67. The number of halogens is 1. The first-order valence-corrected chi connectivity index (χ1v) is 5.49. The molecule has 1 aromatic rings. The SMILES string of the molecule is CN(CC(C)(C)CC(=O)O)c1cccc(F)c1. The van der Waals surface area contributed by atoms with Crippen molar-refractivity contribution in [3.05, 3.63) is 30.1 Å². The van der Waals surface area contributed by atoms with E-state index < -0.39 is 5.97 Å². The second-order valence-electron chi connectivity index (χ2n) is 5.07. The fraction of sp³-hybridized carbons (Fsp3) is 0.462. The standard InChI is InChI=1S/C13H18FNO2/c1-13(2,8-12(16)17)9-15(3)11-6-4-5-10(14)7-11/h4-7H,8-9H2,1-3H3,(H,16,17). The number of hydrogen-bond acceptors (Lipinski definition) is 2. The van der Waals surface area contributed by atoms with Crippen LogP contribution in [0.1, 0.15) is 20.3 Å². The predicted octanol–water partition coefficient (Wildman–Crippen LogP) is 2.76. The van der Waals surface area contributed by atoms with E-state index in [0.717, 1.165) is 5.69 Å². The van der Waals surface area contributed by atoms with Gasteiger partial charge in [-0.1, -0.05) is 19.9 Å². The van der Waals surface area contributed by atoms with E-state index >= 15 is 0 Å². The van der Waals surface area contributed by atoms with Crippen LogP contribution in [0.5, 0.6) is 0 Å². The van der Waals surface area contributed by atoms with Gasteiger partial charge in [-0.25, -0.2) is 4.39 Å². The van der Waals surface area contributed by atoms with Crippen molar-refractivity contribution in [2.45, 2.75) is 20.3 Å². The van der Waals surface area contributed by atoms with Crippen molar-refractivity contribution >= 4 is 11.7 Å². The Morgan fingerprint density at radius 2 is 2.12 bits per heavy atom. The molecule has 0 amide bonds. The number of aliphatic carboxylic acids is 1. The molecule has 1 N–H and O–H groups in total. The van der Waals surface area contributed by atoms with Crippen LogP contribution in [-0.4, -0.2) is 24.7 Å². The third kappa shape index (κ3) is 4.43. The number of rotatable bonds is 5. The molecule has 0 fully saturated rings. The summed E-state index contributed by atoms with van der Waals surface area (Å²) in [5.74, 6) is -1.10. The Kier molecular flexibility index (Phi) is 4.10. The van der Waals surface area contributed by atoms with Crippen molar-refractivity contribution in [1.29, 1.82) is 0 Å². The van der Waals surface area contributed by atoms with Crippen molar-refractivity contribution in [1.82, 2.24) is 0 Å². The van der Waals surface area contributed by atoms with E-state index in [0.29, 0.717) is 6.54 Å². The molecular weight excluding hydrogens is 221 g/mol. The first-order chi connectivity index (χ1) is 7.80. The van der Waals surface area contributed by atoms with Crippen LogP contribution in [0.15, 0.2) is 24.3 Å². The monoisotopic (exact) mass is 239 g/mol. The van der Waals surface area contributed by atoms with Gasteiger partial charge in [0.2, 0.25) is 0 Å². The molecule has 1 rings (SSSR count). The molecule has 0 atom stereocenters. The number of anilines is 1. The fourth-order valence-corrected chi connectivity index (χ4v) is 1.91. The van der Waals surface area contributed by atoms with Crippen molar-refractivity contribution < 1.29 is 14.3 Å². The molecule has 1 aromatic carbocycles. The van der Waals surface area contributed by atoms with Gasteiger partial charge in [-0.05, 0) is 23.6 Å². The third-order valence-electron chi connectivity index (χ3n) is 2.54. The Balaban J connectivity index is 2.71. The highest BCUT2D eigenvalue weighted by atomic mass is 19.1. The Morgan fingerprint density at radius 3 is 2.65 bits per heavy atom. The largest absolute Gasteiger partial charge is 0.481 e. The first-order valence-electron chi connectivity index (χ1n) is 5.49. The number of carboxylic acids is 1. The predicted molar refractivity (Wildman–Crippen MR) is 65.7 cm³/mol. The average molecular weight is 239 g/mol. The van der Waals surface area contributed by atoms with Crippen LogP contribution in [0.3, 0.4) is 0 Å². The van der Waals surface area contributed by atoms with Crippen molar-refractivity contribution in [3.63, 3.8) is 0 Å². The highest BCUT2D eigenvalue weighted by Gasteiger charge is 2.23. The van der Waals surface area contributed by atoms with Crippen molar-refractivity contribution in [2.24, 2.45) is 5.41 Å². The summed E-state index contributed by atoms with van der Waals surface area (Å²) < 4.78 is 13.0. The summed E-state index contributed by atoms with van der Waals surface area (Å²) in [6.07, 6.45) is 0.0899. The van der Waals surface area contributed by atoms with Crippen LogP contribution < -0.4 is 4.90 Å². The van der Waals surface area contributed by atoms with Gasteiger partial charge < -0.3 is 10.0 Å². The molecule has 0 unspecified atom stereocenters. The maximum atomic E-state index is 13.0. The molecule has 0 aromatic heterocycles. The molecule has 0 spiro atoms. The zero-order valence-electron chi connectivity index (χ0n) is 10.4. The lowest BCUT2D eigenvalue weighted by Gasteiger charge is -2.30. The first kappa shape index (κ1) is 13.5. The zero-order chi connectivity index (χ0) is 13.1. The molecule has 94 valence electrons. The van der Waals surface area contributed by atoms with Crippen molar-refractivity contribution in [2.75, 3.05) is 18.5 Å². The number of carbonyl (C=O) groups is 1. The number of hydrogen-bond donors (Lipinski definition) is 1. The van der Waals surface area contributed by atoms with Gasteiger partial charge in [0.25, 0.3) is 0 Å². The van der Waals surface area contributed by atoms with E-state index in [2.05, 4.69) is 0 Å². The number of carboxylic acid groups (broad SMARTS) is 1.